The van der Waals surface area contributed by atoms with E-state index >= 15 is 0 Å². The minimum absolute atomic E-state index is 0.0298. The first-order chi connectivity index (χ1) is 6.63. The molecule has 1 aliphatic heterocycles. The van der Waals surface area contributed by atoms with E-state index in [9.17, 15) is 4.79 Å². The second-order valence-corrected chi connectivity index (χ2v) is 3.89. The molecule has 0 bridgehead atoms. The Morgan fingerprint density at radius 1 is 1.36 bits per heavy atom. The highest BCUT2D eigenvalue weighted by Crippen LogP contribution is 2.05. The molecule has 0 unspecified atom stereocenters. The number of piperazine rings is 1. The number of amides is 1. The van der Waals surface area contributed by atoms with Gasteiger partial charge in [-0.2, -0.15) is 0 Å². The average Bonchev–Trinajstić information content (AvgIpc) is 2.18. The topological polar surface area (TPSA) is 32.8 Å². The molecule has 1 atom stereocenters. The van der Waals surface area contributed by atoms with Gasteiger partial charge in [0.2, 0.25) is 0 Å². The van der Waals surface area contributed by atoms with E-state index in [2.05, 4.69) is 11.9 Å². The van der Waals surface area contributed by atoms with Crippen LogP contribution in [0.5, 0.6) is 0 Å². The minimum Gasteiger partial charge on any atom is -0.446 e. The largest absolute Gasteiger partial charge is 0.446 e. The Kier molecular flexibility index (Phi) is 4.20. The summed E-state index contributed by atoms with van der Waals surface area (Å²) in [4.78, 5) is 15.6. The summed E-state index contributed by atoms with van der Waals surface area (Å²) < 4.78 is 5.24. The maximum Gasteiger partial charge on any atom is 0.410 e. The summed E-state index contributed by atoms with van der Waals surface area (Å²) in [7, 11) is 2.07. The van der Waals surface area contributed by atoms with E-state index in [1.54, 1.807) is 4.90 Å². The third-order valence-electron chi connectivity index (χ3n) is 2.64. The SMILES string of the molecule is CC[C@H](C)OC(=O)N1CCN(C)CC1. The number of likely N-dealkylation sites (N-methyl/N-ethyl adjacent to an activating group) is 1. The first-order valence-corrected chi connectivity index (χ1v) is 5.27. The number of ether oxygens (including phenoxy) is 1. The van der Waals surface area contributed by atoms with Crippen molar-refractivity contribution in [1.29, 1.82) is 0 Å². The number of hydrogen-bond acceptors (Lipinski definition) is 3. The molecule has 0 spiro atoms. The maximum atomic E-state index is 11.6. The summed E-state index contributed by atoms with van der Waals surface area (Å²) in [6.07, 6.45) is 0.744. The van der Waals surface area contributed by atoms with Gasteiger partial charge in [0.1, 0.15) is 6.10 Å². The van der Waals surface area contributed by atoms with Crippen molar-refractivity contribution >= 4 is 6.09 Å². The molecule has 4 heteroatoms. The number of hydrogen-bond donors (Lipinski definition) is 0. The molecule has 0 N–H and O–H groups in total. The average molecular weight is 200 g/mol. The van der Waals surface area contributed by atoms with Crippen molar-refractivity contribution in [3.05, 3.63) is 0 Å². The first kappa shape index (κ1) is 11.3. The zero-order chi connectivity index (χ0) is 10.6. The van der Waals surface area contributed by atoms with Crippen LogP contribution in [0, 0.1) is 0 Å². The fourth-order valence-electron chi connectivity index (χ4n) is 1.32. The van der Waals surface area contributed by atoms with Gasteiger partial charge in [0.25, 0.3) is 0 Å². The molecule has 1 amide bonds. The highest BCUT2D eigenvalue weighted by atomic mass is 16.6. The Morgan fingerprint density at radius 2 is 1.93 bits per heavy atom. The van der Waals surface area contributed by atoms with E-state index in [0.717, 1.165) is 32.6 Å². The lowest BCUT2D eigenvalue weighted by atomic mass is 10.3. The minimum atomic E-state index is -0.160. The van der Waals surface area contributed by atoms with Crippen molar-refractivity contribution in [1.82, 2.24) is 9.80 Å². The van der Waals surface area contributed by atoms with Crippen LogP contribution in [-0.4, -0.2) is 55.2 Å². The first-order valence-electron chi connectivity index (χ1n) is 5.27. The Hall–Kier alpha value is -0.770. The molecule has 82 valence electrons. The Bertz CT molecular complexity index is 189. The van der Waals surface area contributed by atoms with E-state index in [1.165, 1.54) is 0 Å². The lowest BCUT2D eigenvalue weighted by molar-refractivity contribution is 0.0543. The van der Waals surface area contributed by atoms with E-state index < -0.39 is 0 Å². The molecular formula is C10H20N2O2. The van der Waals surface area contributed by atoms with Crippen LogP contribution in [0.15, 0.2) is 0 Å². The summed E-state index contributed by atoms with van der Waals surface area (Å²) in [5, 5.41) is 0. The highest BCUT2D eigenvalue weighted by Gasteiger charge is 2.21. The van der Waals surface area contributed by atoms with Gasteiger partial charge in [-0.3, -0.25) is 0 Å². The van der Waals surface area contributed by atoms with E-state index in [4.69, 9.17) is 4.74 Å². The summed E-state index contributed by atoms with van der Waals surface area (Å²) in [5.74, 6) is 0. The van der Waals surface area contributed by atoms with Crippen molar-refractivity contribution < 1.29 is 9.53 Å². The molecule has 4 nitrogen and oxygen atoms in total. The van der Waals surface area contributed by atoms with Gasteiger partial charge in [0.15, 0.2) is 0 Å². The lowest BCUT2D eigenvalue weighted by Crippen LogP contribution is -2.47. The van der Waals surface area contributed by atoms with Crippen LogP contribution in [0.2, 0.25) is 0 Å². The molecule has 1 fully saturated rings. The van der Waals surface area contributed by atoms with Gasteiger partial charge in [-0.1, -0.05) is 6.92 Å². The second kappa shape index (κ2) is 5.20. The number of carbonyl (C=O) groups excluding carboxylic acids is 1. The van der Waals surface area contributed by atoms with Crippen molar-refractivity contribution in [2.24, 2.45) is 0 Å². The fraction of sp³-hybridized carbons (Fsp3) is 0.900. The molecule has 1 aliphatic rings. The van der Waals surface area contributed by atoms with Crippen LogP contribution in [0.25, 0.3) is 0 Å². The molecule has 0 radical (unpaired) electrons. The van der Waals surface area contributed by atoms with Crippen molar-refractivity contribution in [2.75, 3.05) is 33.2 Å². The quantitative estimate of drug-likeness (QED) is 0.670. The zero-order valence-electron chi connectivity index (χ0n) is 9.32. The molecule has 14 heavy (non-hydrogen) atoms. The lowest BCUT2D eigenvalue weighted by Gasteiger charge is -2.32. The normalized spacial score (nSPS) is 20.6. The van der Waals surface area contributed by atoms with Crippen LogP contribution in [-0.2, 0) is 4.74 Å². The van der Waals surface area contributed by atoms with Gasteiger partial charge < -0.3 is 14.5 Å². The third kappa shape index (κ3) is 3.18. The maximum absolute atomic E-state index is 11.6. The smallest absolute Gasteiger partial charge is 0.410 e. The van der Waals surface area contributed by atoms with Crippen molar-refractivity contribution in [3.63, 3.8) is 0 Å². The molecule has 0 aromatic heterocycles. The molecule has 1 rings (SSSR count). The summed E-state index contributed by atoms with van der Waals surface area (Å²) in [6, 6.07) is 0. The monoisotopic (exact) mass is 200 g/mol. The predicted octanol–water partition coefficient (Wildman–Crippen LogP) is 1.17. The van der Waals surface area contributed by atoms with Crippen LogP contribution in [0.4, 0.5) is 4.79 Å². The molecular weight excluding hydrogens is 180 g/mol. The fourth-order valence-corrected chi connectivity index (χ4v) is 1.32. The Balaban J connectivity index is 2.30. The molecule has 0 aromatic rings. The molecule has 0 saturated carbocycles. The van der Waals surface area contributed by atoms with E-state index in [-0.39, 0.29) is 12.2 Å². The predicted molar refractivity (Wildman–Crippen MR) is 55.3 cm³/mol. The number of carbonyl (C=O) groups is 1. The number of nitrogens with zero attached hydrogens (tertiary/aromatic N) is 2. The van der Waals surface area contributed by atoms with Crippen LogP contribution in [0.3, 0.4) is 0 Å². The van der Waals surface area contributed by atoms with Crippen LogP contribution in [0.1, 0.15) is 20.3 Å². The Labute approximate surface area is 85.8 Å². The van der Waals surface area contributed by atoms with Gasteiger partial charge in [-0.15, -0.1) is 0 Å². The van der Waals surface area contributed by atoms with Crippen LogP contribution >= 0.6 is 0 Å². The second-order valence-electron chi connectivity index (χ2n) is 3.89. The van der Waals surface area contributed by atoms with Crippen LogP contribution < -0.4 is 0 Å². The molecule has 1 heterocycles. The number of rotatable bonds is 2. The Morgan fingerprint density at radius 3 is 2.43 bits per heavy atom. The van der Waals surface area contributed by atoms with E-state index in [1.807, 2.05) is 13.8 Å². The van der Waals surface area contributed by atoms with Gasteiger partial charge >= 0.3 is 6.09 Å². The summed E-state index contributed by atoms with van der Waals surface area (Å²) in [5.41, 5.74) is 0. The van der Waals surface area contributed by atoms with Gasteiger partial charge in [-0.05, 0) is 20.4 Å². The van der Waals surface area contributed by atoms with E-state index in [0.29, 0.717) is 0 Å². The standard InChI is InChI=1S/C10H20N2O2/c1-4-9(2)14-10(13)12-7-5-11(3)6-8-12/h9H,4-8H2,1-3H3/t9-/m0/s1. The van der Waals surface area contributed by atoms with Crippen molar-refractivity contribution in [3.8, 4) is 0 Å². The molecule has 0 aliphatic carbocycles. The summed E-state index contributed by atoms with van der Waals surface area (Å²) >= 11 is 0. The van der Waals surface area contributed by atoms with Gasteiger partial charge in [0, 0.05) is 26.2 Å². The molecule has 1 saturated heterocycles. The third-order valence-corrected chi connectivity index (χ3v) is 2.64. The highest BCUT2D eigenvalue weighted by molar-refractivity contribution is 5.67. The zero-order valence-corrected chi connectivity index (χ0v) is 9.32. The summed E-state index contributed by atoms with van der Waals surface area (Å²) in [6.45, 7) is 7.39. The van der Waals surface area contributed by atoms with Crippen molar-refractivity contribution in [2.45, 2.75) is 26.4 Å². The van der Waals surface area contributed by atoms with Gasteiger partial charge in [-0.25, -0.2) is 4.79 Å². The molecule has 0 aromatic carbocycles. The van der Waals surface area contributed by atoms with Gasteiger partial charge in [0.05, 0.1) is 0 Å².